The predicted molar refractivity (Wildman–Crippen MR) is 110 cm³/mol. The summed E-state index contributed by atoms with van der Waals surface area (Å²) in [5.41, 5.74) is 2.47. The molecule has 0 unspecified atom stereocenters. The molecule has 8 heteroatoms. The molecule has 2 aromatic heterocycles. The van der Waals surface area contributed by atoms with Gasteiger partial charge in [-0.1, -0.05) is 52.7 Å². The second-order valence-corrected chi connectivity index (χ2v) is 7.80. The van der Waals surface area contributed by atoms with Crippen molar-refractivity contribution in [2.24, 2.45) is 0 Å². The van der Waals surface area contributed by atoms with Gasteiger partial charge in [0.2, 0.25) is 5.13 Å². The van der Waals surface area contributed by atoms with Gasteiger partial charge in [-0.15, -0.1) is 10.2 Å². The Balaban J connectivity index is 1.84. The Kier molecular flexibility index (Phi) is 4.78. The van der Waals surface area contributed by atoms with E-state index in [0.717, 1.165) is 10.4 Å². The summed E-state index contributed by atoms with van der Waals surface area (Å²) < 4.78 is 0. The molecule has 0 bridgehead atoms. The molecule has 0 atom stereocenters. The number of amides is 1. The zero-order valence-corrected chi connectivity index (χ0v) is 16.4. The van der Waals surface area contributed by atoms with E-state index in [4.69, 9.17) is 23.2 Å². The first kappa shape index (κ1) is 17.9. The van der Waals surface area contributed by atoms with Crippen molar-refractivity contribution >= 4 is 56.5 Å². The topological polar surface area (TPSA) is 67.8 Å². The summed E-state index contributed by atoms with van der Waals surface area (Å²) in [6, 6.07) is 14.4. The van der Waals surface area contributed by atoms with Crippen LogP contribution in [0.2, 0.25) is 10.0 Å². The molecule has 0 saturated heterocycles. The van der Waals surface area contributed by atoms with Crippen LogP contribution in [0.3, 0.4) is 0 Å². The number of halogens is 2. The van der Waals surface area contributed by atoms with E-state index >= 15 is 0 Å². The summed E-state index contributed by atoms with van der Waals surface area (Å²) >= 11 is 13.6. The van der Waals surface area contributed by atoms with E-state index in [0.29, 0.717) is 37.5 Å². The van der Waals surface area contributed by atoms with Crippen LogP contribution in [0, 0.1) is 6.92 Å². The summed E-state index contributed by atoms with van der Waals surface area (Å²) in [6.45, 7) is 1.83. The Morgan fingerprint density at radius 2 is 1.89 bits per heavy atom. The smallest absolute Gasteiger partial charge is 0.258 e. The number of benzene rings is 2. The SMILES string of the molecule is Cc1nnc(NC(=O)c2cc(-c3ccc(Cl)cc3Cl)nc3ccccc23)s1. The molecule has 4 aromatic rings. The molecule has 1 N–H and O–H groups in total. The van der Waals surface area contributed by atoms with Crippen molar-refractivity contribution in [1.29, 1.82) is 0 Å². The maximum Gasteiger partial charge on any atom is 0.258 e. The number of anilines is 1. The van der Waals surface area contributed by atoms with Gasteiger partial charge in [0, 0.05) is 16.0 Å². The molecule has 2 aromatic carbocycles. The van der Waals surface area contributed by atoms with Gasteiger partial charge in [-0.25, -0.2) is 4.98 Å². The third-order valence-electron chi connectivity index (χ3n) is 3.91. The van der Waals surface area contributed by atoms with E-state index in [1.54, 1.807) is 24.3 Å². The monoisotopic (exact) mass is 414 g/mol. The lowest BCUT2D eigenvalue weighted by atomic mass is 10.0. The molecule has 4 rings (SSSR count). The maximum atomic E-state index is 12.9. The van der Waals surface area contributed by atoms with E-state index in [1.807, 2.05) is 31.2 Å². The van der Waals surface area contributed by atoms with Crippen LogP contribution < -0.4 is 5.32 Å². The summed E-state index contributed by atoms with van der Waals surface area (Å²) in [5, 5.41) is 13.6. The lowest BCUT2D eigenvalue weighted by Crippen LogP contribution is -2.13. The van der Waals surface area contributed by atoms with Crippen molar-refractivity contribution in [3.63, 3.8) is 0 Å². The molecule has 27 heavy (non-hydrogen) atoms. The number of hydrogen-bond donors (Lipinski definition) is 1. The van der Waals surface area contributed by atoms with Gasteiger partial charge in [0.05, 0.1) is 21.8 Å². The molecule has 0 fully saturated rings. The number of carbonyl (C=O) groups excluding carboxylic acids is 1. The maximum absolute atomic E-state index is 12.9. The largest absolute Gasteiger partial charge is 0.296 e. The highest BCUT2D eigenvalue weighted by Crippen LogP contribution is 2.32. The van der Waals surface area contributed by atoms with Gasteiger partial charge >= 0.3 is 0 Å². The number of fused-ring (bicyclic) bond motifs is 1. The number of carbonyl (C=O) groups is 1. The van der Waals surface area contributed by atoms with Crippen molar-refractivity contribution in [2.75, 3.05) is 5.32 Å². The first-order valence-electron chi connectivity index (χ1n) is 7.98. The highest BCUT2D eigenvalue weighted by atomic mass is 35.5. The third kappa shape index (κ3) is 3.64. The normalized spacial score (nSPS) is 10.9. The Bertz CT molecular complexity index is 1180. The van der Waals surface area contributed by atoms with E-state index in [-0.39, 0.29) is 5.91 Å². The Morgan fingerprint density at radius 1 is 1.07 bits per heavy atom. The third-order valence-corrected chi connectivity index (χ3v) is 5.22. The number of hydrogen-bond acceptors (Lipinski definition) is 5. The molecule has 2 heterocycles. The van der Waals surface area contributed by atoms with Crippen LogP contribution in [-0.2, 0) is 0 Å². The standard InChI is InChI=1S/C19H12Cl2N4OS/c1-10-24-25-19(27-10)23-18(26)14-9-17(13-7-6-11(20)8-15(13)21)22-16-5-3-2-4-12(14)16/h2-9H,1H3,(H,23,25,26). The van der Waals surface area contributed by atoms with Crippen LogP contribution >= 0.6 is 34.5 Å². The number of aromatic nitrogens is 3. The summed E-state index contributed by atoms with van der Waals surface area (Å²) in [4.78, 5) is 17.6. The quantitative estimate of drug-likeness (QED) is 0.472. The van der Waals surface area contributed by atoms with Crippen LogP contribution in [0.1, 0.15) is 15.4 Å². The first-order chi connectivity index (χ1) is 13.0. The molecular formula is C19H12Cl2N4OS. The number of nitrogens with zero attached hydrogens (tertiary/aromatic N) is 3. The van der Waals surface area contributed by atoms with Crippen LogP contribution in [0.15, 0.2) is 48.5 Å². The molecule has 134 valence electrons. The highest BCUT2D eigenvalue weighted by molar-refractivity contribution is 7.15. The van der Waals surface area contributed by atoms with Crippen molar-refractivity contribution in [1.82, 2.24) is 15.2 Å². The van der Waals surface area contributed by atoms with Crippen molar-refractivity contribution in [3.8, 4) is 11.3 Å². The fourth-order valence-corrected chi connectivity index (χ4v) is 3.80. The van der Waals surface area contributed by atoms with Gasteiger partial charge in [-0.3, -0.25) is 10.1 Å². The van der Waals surface area contributed by atoms with Crippen LogP contribution in [0.4, 0.5) is 5.13 Å². The van der Waals surface area contributed by atoms with Gasteiger partial charge in [0.15, 0.2) is 0 Å². The molecule has 0 aliphatic rings. The number of aryl methyl sites for hydroxylation is 1. The zero-order chi connectivity index (χ0) is 19.0. The molecular weight excluding hydrogens is 403 g/mol. The van der Waals surface area contributed by atoms with Gasteiger partial charge in [-0.05, 0) is 37.3 Å². The van der Waals surface area contributed by atoms with Crippen LogP contribution in [-0.4, -0.2) is 21.1 Å². The highest BCUT2D eigenvalue weighted by Gasteiger charge is 2.16. The second-order valence-electron chi connectivity index (χ2n) is 5.78. The zero-order valence-electron chi connectivity index (χ0n) is 14.0. The van der Waals surface area contributed by atoms with E-state index in [9.17, 15) is 4.79 Å². The van der Waals surface area contributed by atoms with E-state index < -0.39 is 0 Å². The first-order valence-corrected chi connectivity index (χ1v) is 9.55. The molecule has 0 aliphatic carbocycles. The minimum atomic E-state index is -0.281. The summed E-state index contributed by atoms with van der Waals surface area (Å²) in [6.07, 6.45) is 0. The molecule has 1 amide bonds. The predicted octanol–water partition coefficient (Wildman–Crippen LogP) is 5.62. The van der Waals surface area contributed by atoms with Crippen LogP contribution in [0.5, 0.6) is 0 Å². The number of nitrogens with one attached hydrogen (secondary N) is 1. The Hall–Kier alpha value is -2.54. The second kappa shape index (κ2) is 7.23. The number of rotatable bonds is 3. The average molecular weight is 415 g/mol. The number of para-hydroxylation sites is 1. The summed E-state index contributed by atoms with van der Waals surface area (Å²) in [7, 11) is 0. The molecule has 5 nitrogen and oxygen atoms in total. The van der Waals surface area contributed by atoms with E-state index in [2.05, 4.69) is 20.5 Å². The molecule has 0 aliphatic heterocycles. The Labute approximate surface area is 169 Å². The van der Waals surface area contributed by atoms with Gasteiger partial charge in [-0.2, -0.15) is 0 Å². The van der Waals surface area contributed by atoms with Crippen LogP contribution in [0.25, 0.3) is 22.2 Å². The lowest BCUT2D eigenvalue weighted by Gasteiger charge is -2.10. The van der Waals surface area contributed by atoms with Gasteiger partial charge in [0.25, 0.3) is 5.91 Å². The van der Waals surface area contributed by atoms with E-state index in [1.165, 1.54) is 11.3 Å². The number of pyridine rings is 1. The summed E-state index contributed by atoms with van der Waals surface area (Å²) in [5.74, 6) is -0.281. The van der Waals surface area contributed by atoms with Crippen molar-refractivity contribution in [3.05, 3.63) is 69.1 Å². The minimum absolute atomic E-state index is 0.281. The minimum Gasteiger partial charge on any atom is -0.296 e. The molecule has 0 spiro atoms. The average Bonchev–Trinajstić information content (AvgIpc) is 3.05. The lowest BCUT2D eigenvalue weighted by molar-refractivity contribution is 0.102. The van der Waals surface area contributed by atoms with Crippen molar-refractivity contribution in [2.45, 2.75) is 6.92 Å². The van der Waals surface area contributed by atoms with Gasteiger partial charge in [0.1, 0.15) is 5.01 Å². The fraction of sp³-hybridized carbons (Fsp3) is 0.0526. The van der Waals surface area contributed by atoms with Gasteiger partial charge < -0.3 is 0 Å². The molecule has 0 saturated carbocycles. The molecule has 0 radical (unpaired) electrons. The van der Waals surface area contributed by atoms with Crippen molar-refractivity contribution < 1.29 is 4.79 Å². The fourth-order valence-electron chi connectivity index (χ4n) is 2.71. The Morgan fingerprint density at radius 3 is 2.63 bits per heavy atom.